The average Bonchev–Trinajstić information content (AvgIpc) is 2.61. The summed E-state index contributed by atoms with van der Waals surface area (Å²) in [6.07, 6.45) is 2.65. The van der Waals surface area contributed by atoms with E-state index >= 15 is 0 Å². The van der Waals surface area contributed by atoms with Crippen molar-refractivity contribution in [2.75, 3.05) is 0 Å². The van der Waals surface area contributed by atoms with Gasteiger partial charge in [-0.25, -0.2) is 4.98 Å². The lowest BCUT2D eigenvalue weighted by Crippen LogP contribution is -1.96. The topological polar surface area (TPSA) is 47.8 Å². The molecule has 0 radical (unpaired) electrons. The zero-order chi connectivity index (χ0) is 14.2. The van der Waals surface area contributed by atoms with Crippen molar-refractivity contribution in [1.82, 2.24) is 14.8 Å². The van der Waals surface area contributed by atoms with Gasteiger partial charge < -0.3 is 0 Å². The summed E-state index contributed by atoms with van der Waals surface area (Å²) in [5, 5.41) is 5.65. The molecule has 0 atom stereocenters. The van der Waals surface area contributed by atoms with Crippen LogP contribution in [0.2, 0.25) is 5.15 Å². The van der Waals surface area contributed by atoms with Crippen LogP contribution in [0.25, 0.3) is 17.1 Å². The lowest BCUT2D eigenvalue weighted by Gasteiger charge is -2.05. The Hall–Kier alpha value is -1.68. The molecular weight excluding hydrogens is 262 g/mol. The maximum atomic E-state index is 11.0. The number of aryl methyl sites for hydroxylation is 2. The molecular formula is C14H16ClN3O. The number of fused-ring (bicyclic) bond motifs is 1. The Bertz CT molecular complexity index is 671. The predicted octanol–water partition coefficient (Wildman–Crippen LogP) is 3.17. The van der Waals surface area contributed by atoms with Gasteiger partial charge in [0.05, 0.1) is 5.69 Å². The molecule has 19 heavy (non-hydrogen) atoms. The van der Waals surface area contributed by atoms with Gasteiger partial charge in [0.2, 0.25) is 0 Å². The van der Waals surface area contributed by atoms with Crippen molar-refractivity contribution in [2.45, 2.75) is 20.8 Å². The Kier molecular flexibility index (Phi) is 3.71. The molecule has 100 valence electrons. The number of nitrogens with zero attached hydrogens (tertiary/aromatic N) is 3. The van der Waals surface area contributed by atoms with Gasteiger partial charge in [-0.2, -0.15) is 5.10 Å². The fraction of sp³-hybridized carbons (Fsp3) is 0.357. The average molecular weight is 278 g/mol. The van der Waals surface area contributed by atoms with E-state index in [1.807, 2.05) is 33.9 Å². The normalized spacial score (nSPS) is 12.4. The number of hydrogen-bond donors (Lipinski definition) is 0. The number of hydrogen-bond acceptors (Lipinski definition) is 3. The van der Waals surface area contributed by atoms with Crippen LogP contribution in [-0.2, 0) is 11.8 Å². The van der Waals surface area contributed by atoms with E-state index in [4.69, 9.17) is 11.6 Å². The van der Waals surface area contributed by atoms with Crippen LogP contribution < -0.4 is 0 Å². The molecule has 2 aromatic heterocycles. The standard InChI is InChI=1S/C14H16ClN3O/c1-8(2)11(7-19)5-10-6-12-9(3)17-18(4)14(12)16-13(10)15/h5-8H,1-4H3. The van der Waals surface area contributed by atoms with Gasteiger partial charge in [0, 0.05) is 18.0 Å². The third kappa shape index (κ3) is 2.54. The van der Waals surface area contributed by atoms with Gasteiger partial charge in [-0.1, -0.05) is 25.4 Å². The van der Waals surface area contributed by atoms with E-state index in [0.717, 1.165) is 28.6 Å². The summed E-state index contributed by atoms with van der Waals surface area (Å²) in [5.41, 5.74) is 3.09. The van der Waals surface area contributed by atoms with Gasteiger partial charge in [0.25, 0.3) is 0 Å². The van der Waals surface area contributed by atoms with Gasteiger partial charge >= 0.3 is 0 Å². The van der Waals surface area contributed by atoms with E-state index in [1.54, 1.807) is 10.8 Å². The van der Waals surface area contributed by atoms with Gasteiger partial charge in [0.15, 0.2) is 5.65 Å². The quantitative estimate of drug-likeness (QED) is 0.492. The van der Waals surface area contributed by atoms with Crippen LogP contribution in [0.4, 0.5) is 0 Å². The highest BCUT2D eigenvalue weighted by atomic mass is 35.5. The first kappa shape index (κ1) is 13.7. The summed E-state index contributed by atoms with van der Waals surface area (Å²) in [5.74, 6) is 0.152. The maximum Gasteiger partial charge on any atom is 0.159 e. The minimum absolute atomic E-state index is 0.152. The molecule has 2 rings (SSSR count). The Morgan fingerprint density at radius 1 is 1.47 bits per heavy atom. The van der Waals surface area contributed by atoms with Crippen molar-refractivity contribution in [2.24, 2.45) is 13.0 Å². The second-order valence-electron chi connectivity index (χ2n) is 4.87. The van der Waals surface area contributed by atoms with Gasteiger partial charge in [0.1, 0.15) is 11.4 Å². The third-order valence-corrected chi connectivity index (χ3v) is 3.41. The highest BCUT2D eigenvalue weighted by molar-refractivity contribution is 6.31. The summed E-state index contributed by atoms with van der Waals surface area (Å²) >= 11 is 6.18. The second kappa shape index (κ2) is 5.13. The Morgan fingerprint density at radius 3 is 2.74 bits per heavy atom. The molecule has 0 saturated heterocycles. The third-order valence-electron chi connectivity index (χ3n) is 3.10. The predicted molar refractivity (Wildman–Crippen MR) is 77.1 cm³/mol. The molecule has 2 aromatic rings. The van der Waals surface area contributed by atoms with Crippen LogP contribution in [-0.4, -0.2) is 21.1 Å². The van der Waals surface area contributed by atoms with Crippen molar-refractivity contribution in [3.05, 3.63) is 28.0 Å². The minimum atomic E-state index is 0.152. The van der Waals surface area contributed by atoms with Gasteiger partial charge in [-0.15, -0.1) is 0 Å². The number of halogens is 1. The highest BCUT2D eigenvalue weighted by Gasteiger charge is 2.11. The first-order valence-electron chi connectivity index (χ1n) is 6.10. The first-order chi connectivity index (χ1) is 8.93. The summed E-state index contributed by atoms with van der Waals surface area (Å²) in [7, 11) is 1.83. The van der Waals surface area contributed by atoms with Crippen molar-refractivity contribution >= 4 is 35.0 Å². The van der Waals surface area contributed by atoms with Crippen LogP contribution in [0.15, 0.2) is 11.6 Å². The second-order valence-corrected chi connectivity index (χ2v) is 5.22. The smallest absolute Gasteiger partial charge is 0.159 e. The first-order valence-corrected chi connectivity index (χ1v) is 6.48. The van der Waals surface area contributed by atoms with E-state index in [1.165, 1.54) is 0 Å². The number of allylic oxidation sites excluding steroid dienone is 1. The van der Waals surface area contributed by atoms with E-state index in [2.05, 4.69) is 10.1 Å². The molecule has 2 heterocycles. The van der Waals surface area contributed by atoms with E-state index in [-0.39, 0.29) is 5.92 Å². The van der Waals surface area contributed by atoms with Crippen molar-refractivity contribution < 1.29 is 4.79 Å². The molecule has 0 aliphatic heterocycles. The van der Waals surface area contributed by atoms with E-state index < -0.39 is 0 Å². The monoisotopic (exact) mass is 277 g/mol. The Labute approximate surface area is 117 Å². The molecule has 0 fully saturated rings. The zero-order valence-corrected chi connectivity index (χ0v) is 12.2. The molecule has 0 bridgehead atoms. The highest BCUT2D eigenvalue weighted by Crippen LogP contribution is 2.25. The molecule has 5 heteroatoms. The number of aldehydes is 1. The molecule has 0 aromatic carbocycles. The van der Waals surface area contributed by atoms with Crippen LogP contribution in [0, 0.1) is 12.8 Å². The fourth-order valence-electron chi connectivity index (χ4n) is 1.95. The molecule has 0 aliphatic carbocycles. The van der Waals surface area contributed by atoms with Crippen molar-refractivity contribution in [3.8, 4) is 0 Å². The summed E-state index contributed by atoms with van der Waals surface area (Å²) < 4.78 is 1.70. The van der Waals surface area contributed by atoms with E-state index in [0.29, 0.717) is 10.7 Å². The number of aromatic nitrogens is 3. The molecule has 0 amide bonds. The molecule has 0 spiro atoms. The van der Waals surface area contributed by atoms with Gasteiger partial charge in [-0.3, -0.25) is 9.48 Å². The minimum Gasteiger partial charge on any atom is -0.298 e. The SMILES string of the molecule is Cc1nn(C)c2nc(Cl)c(C=C(C=O)C(C)C)cc12. The number of carbonyl (C=O) groups excluding carboxylic acids is 1. The van der Waals surface area contributed by atoms with E-state index in [9.17, 15) is 4.79 Å². The summed E-state index contributed by atoms with van der Waals surface area (Å²) in [6.45, 7) is 5.86. The number of rotatable bonds is 3. The maximum absolute atomic E-state index is 11.0. The lowest BCUT2D eigenvalue weighted by molar-refractivity contribution is -0.105. The molecule has 0 aliphatic rings. The van der Waals surface area contributed by atoms with Crippen LogP contribution >= 0.6 is 11.6 Å². The molecule has 0 saturated carbocycles. The lowest BCUT2D eigenvalue weighted by atomic mass is 10.0. The number of pyridine rings is 1. The zero-order valence-electron chi connectivity index (χ0n) is 11.4. The number of carbonyl (C=O) groups is 1. The largest absolute Gasteiger partial charge is 0.298 e. The summed E-state index contributed by atoms with van der Waals surface area (Å²) in [4.78, 5) is 15.4. The Balaban J connectivity index is 2.65. The van der Waals surface area contributed by atoms with Crippen molar-refractivity contribution in [3.63, 3.8) is 0 Å². The van der Waals surface area contributed by atoms with Gasteiger partial charge in [-0.05, 0) is 30.6 Å². The van der Waals surface area contributed by atoms with Crippen LogP contribution in [0.3, 0.4) is 0 Å². The summed E-state index contributed by atoms with van der Waals surface area (Å²) in [6, 6.07) is 1.93. The van der Waals surface area contributed by atoms with Crippen LogP contribution in [0.1, 0.15) is 25.1 Å². The molecule has 4 nitrogen and oxygen atoms in total. The van der Waals surface area contributed by atoms with Crippen molar-refractivity contribution in [1.29, 1.82) is 0 Å². The van der Waals surface area contributed by atoms with Crippen LogP contribution in [0.5, 0.6) is 0 Å². The fourth-order valence-corrected chi connectivity index (χ4v) is 2.14. The Morgan fingerprint density at radius 2 is 2.16 bits per heavy atom. The molecule has 0 N–H and O–H groups in total. The molecule has 0 unspecified atom stereocenters.